The summed E-state index contributed by atoms with van der Waals surface area (Å²) < 4.78 is 47.0. The second-order valence-electron chi connectivity index (χ2n) is 5.43. The zero-order valence-electron chi connectivity index (χ0n) is 13.4. The molecule has 0 radical (unpaired) electrons. The van der Waals surface area contributed by atoms with E-state index in [1.807, 2.05) is 0 Å². The number of aryl methyl sites for hydroxylation is 1. The van der Waals surface area contributed by atoms with Crippen molar-refractivity contribution in [3.8, 4) is 17.1 Å². The van der Waals surface area contributed by atoms with Crippen LogP contribution >= 0.6 is 11.6 Å². The number of hydrogen-bond donors (Lipinski definition) is 0. The van der Waals surface area contributed by atoms with Gasteiger partial charge in [0.05, 0.1) is 12.3 Å². The minimum absolute atomic E-state index is 0.0517. The van der Waals surface area contributed by atoms with Crippen molar-refractivity contribution in [1.82, 2.24) is 19.5 Å². The molecule has 25 heavy (non-hydrogen) atoms. The molecule has 0 aromatic carbocycles. The molecule has 0 amide bonds. The summed E-state index contributed by atoms with van der Waals surface area (Å²) in [5, 5.41) is 0.535. The van der Waals surface area contributed by atoms with Crippen LogP contribution in [0.15, 0.2) is 24.5 Å². The van der Waals surface area contributed by atoms with E-state index in [1.54, 1.807) is 30.8 Å². The van der Waals surface area contributed by atoms with Gasteiger partial charge in [0.25, 0.3) is 0 Å². The molecule has 0 N–H and O–H groups in total. The molecule has 3 rings (SSSR count). The first-order valence-corrected chi connectivity index (χ1v) is 7.88. The molecule has 0 spiro atoms. The quantitative estimate of drug-likeness (QED) is 0.635. The van der Waals surface area contributed by atoms with Crippen molar-refractivity contribution in [3.05, 3.63) is 35.4 Å². The number of hydrogen-bond acceptors (Lipinski definition) is 4. The van der Waals surface area contributed by atoms with Crippen LogP contribution in [0.25, 0.3) is 22.3 Å². The van der Waals surface area contributed by atoms with Gasteiger partial charge in [-0.3, -0.25) is 0 Å². The molecular formula is C16H14ClF3N4O. The highest BCUT2D eigenvalue weighted by molar-refractivity contribution is 6.28. The van der Waals surface area contributed by atoms with E-state index in [0.717, 1.165) is 6.07 Å². The topological polar surface area (TPSA) is 52.8 Å². The number of fused-ring (bicyclic) bond motifs is 1. The number of alkyl halides is 3. The maximum absolute atomic E-state index is 13.4. The Labute approximate surface area is 146 Å². The van der Waals surface area contributed by atoms with Crippen molar-refractivity contribution in [3.63, 3.8) is 0 Å². The molecule has 0 saturated heterocycles. The van der Waals surface area contributed by atoms with Crippen LogP contribution in [0.3, 0.4) is 0 Å². The number of pyridine rings is 1. The maximum Gasteiger partial charge on any atom is 0.421 e. The summed E-state index contributed by atoms with van der Waals surface area (Å²) in [7, 11) is 1.76. The van der Waals surface area contributed by atoms with Gasteiger partial charge in [-0.2, -0.15) is 18.2 Å². The number of ether oxygens (including phenoxy) is 1. The Bertz CT molecular complexity index is 924. The van der Waals surface area contributed by atoms with Crippen molar-refractivity contribution in [2.45, 2.75) is 19.5 Å². The zero-order chi connectivity index (χ0) is 18.2. The van der Waals surface area contributed by atoms with Crippen LogP contribution in [0.1, 0.15) is 18.9 Å². The van der Waals surface area contributed by atoms with Gasteiger partial charge in [0.15, 0.2) is 0 Å². The summed E-state index contributed by atoms with van der Waals surface area (Å²) in [5.41, 5.74) is 0.0550. The predicted octanol–water partition coefficient (Wildman–Crippen LogP) is 4.49. The van der Waals surface area contributed by atoms with Crippen LogP contribution in [0.4, 0.5) is 13.2 Å². The molecule has 0 fully saturated rings. The molecule has 3 aromatic heterocycles. The van der Waals surface area contributed by atoms with Crippen molar-refractivity contribution >= 4 is 22.6 Å². The fourth-order valence-electron chi connectivity index (χ4n) is 2.43. The van der Waals surface area contributed by atoms with E-state index in [1.165, 1.54) is 6.20 Å². The molecule has 0 aliphatic rings. The lowest BCUT2D eigenvalue weighted by atomic mass is 10.1. The summed E-state index contributed by atoms with van der Waals surface area (Å²) in [6.45, 7) is 1.95. The molecule has 0 bridgehead atoms. The minimum Gasteiger partial charge on any atom is -0.477 e. The first-order chi connectivity index (χ1) is 11.8. The van der Waals surface area contributed by atoms with E-state index in [2.05, 4.69) is 15.0 Å². The van der Waals surface area contributed by atoms with Crippen LogP contribution in [-0.4, -0.2) is 26.1 Å². The highest BCUT2D eigenvalue weighted by Gasteiger charge is 2.36. The molecule has 3 heterocycles. The molecule has 3 aromatic rings. The van der Waals surface area contributed by atoms with Crippen LogP contribution in [0.5, 0.6) is 5.88 Å². The Morgan fingerprint density at radius 1 is 1.28 bits per heavy atom. The van der Waals surface area contributed by atoms with E-state index in [4.69, 9.17) is 16.3 Å². The average Bonchev–Trinajstić information content (AvgIpc) is 2.92. The largest absolute Gasteiger partial charge is 0.477 e. The lowest BCUT2D eigenvalue weighted by molar-refractivity contribution is -0.139. The Hall–Kier alpha value is -2.35. The molecule has 5 nitrogen and oxygen atoms in total. The summed E-state index contributed by atoms with van der Waals surface area (Å²) in [4.78, 5) is 12.0. The standard InChI is InChI=1S/C16H14ClF3N4O/c1-3-6-25-14-11(16(18,19)20)7-9(8-21-14)12-10-4-5-24(2)13(10)23-15(17)22-12/h4-5,7-8H,3,6H2,1-2H3. The van der Waals surface area contributed by atoms with Crippen molar-refractivity contribution in [2.75, 3.05) is 6.61 Å². The summed E-state index contributed by atoms with van der Waals surface area (Å²) >= 11 is 5.93. The van der Waals surface area contributed by atoms with Crippen LogP contribution in [0.2, 0.25) is 5.28 Å². The maximum atomic E-state index is 13.4. The van der Waals surface area contributed by atoms with Gasteiger partial charge in [0.1, 0.15) is 11.2 Å². The van der Waals surface area contributed by atoms with E-state index >= 15 is 0 Å². The van der Waals surface area contributed by atoms with Crippen molar-refractivity contribution < 1.29 is 17.9 Å². The molecule has 0 atom stereocenters. The second kappa shape index (κ2) is 6.51. The third kappa shape index (κ3) is 3.39. The Kier molecular flexibility index (Phi) is 4.55. The highest BCUT2D eigenvalue weighted by Crippen LogP contribution is 2.38. The summed E-state index contributed by atoms with van der Waals surface area (Å²) in [5.74, 6) is -0.442. The third-order valence-corrected chi connectivity index (χ3v) is 3.74. The Balaban J connectivity index is 2.18. The predicted molar refractivity (Wildman–Crippen MR) is 87.5 cm³/mol. The fourth-order valence-corrected chi connectivity index (χ4v) is 2.59. The monoisotopic (exact) mass is 370 g/mol. The number of halogens is 4. The summed E-state index contributed by atoms with van der Waals surface area (Å²) in [6.07, 6.45) is -0.993. The number of nitrogens with zero attached hydrogens (tertiary/aromatic N) is 4. The minimum atomic E-state index is -4.60. The molecule has 0 aliphatic carbocycles. The summed E-state index contributed by atoms with van der Waals surface area (Å²) in [6, 6.07) is 2.69. The smallest absolute Gasteiger partial charge is 0.421 e. The van der Waals surface area contributed by atoms with Gasteiger partial charge in [-0.05, 0) is 30.2 Å². The highest BCUT2D eigenvalue weighted by atomic mass is 35.5. The normalized spacial score (nSPS) is 11.9. The second-order valence-corrected chi connectivity index (χ2v) is 5.77. The van der Waals surface area contributed by atoms with Crippen molar-refractivity contribution in [1.29, 1.82) is 0 Å². The van der Waals surface area contributed by atoms with E-state index < -0.39 is 17.6 Å². The fraction of sp³-hybridized carbons (Fsp3) is 0.312. The van der Waals surface area contributed by atoms with Gasteiger partial charge in [-0.1, -0.05) is 6.92 Å². The molecule has 0 saturated carbocycles. The van der Waals surface area contributed by atoms with Crippen LogP contribution in [-0.2, 0) is 13.2 Å². The Morgan fingerprint density at radius 3 is 2.72 bits per heavy atom. The third-order valence-electron chi connectivity index (χ3n) is 3.57. The van der Waals surface area contributed by atoms with Gasteiger partial charge in [-0.15, -0.1) is 0 Å². The van der Waals surface area contributed by atoms with Crippen LogP contribution in [0, 0.1) is 0 Å². The lowest BCUT2D eigenvalue weighted by Crippen LogP contribution is -2.11. The van der Waals surface area contributed by atoms with E-state index in [0.29, 0.717) is 17.5 Å². The van der Waals surface area contributed by atoms with Gasteiger partial charge in [-0.25, -0.2) is 9.97 Å². The average molecular weight is 371 g/mol. The lowest BCUT2D eigenvalue weighted by Gasteiger charge is -2.14. The molecule has 0 aliphatic heterocycles. The molecular weight excluding hydrogens is 357 g/mol. The first-order valence-electron chi connectivity index (χ1n) is 7.50. The number of aromatic nitrogens is 4. The van der Waals surface area contributed by atoms with Crippen LogP contribution < -0.4 is 4.74 Å². The van der Waals surface area contributed by atoms with Gasteiger partial charge >= 0.3 is 6.18 Å². The Morgan fingerprint density at radius 2 is 2.04 bits per heavy atom. The SMILES string of the molecule is CCCOc1ncc(-c2nc(Cl)nc3c2ccn3C)cc1C(F)(F)F. The molecule has 132 valence electrons. The van der Waals surface area contributed by atoms with Gasteiger partial charge < -0.3 is 9.30 Å². The van der Waals surface area contributed by atoms with Gasteiger partial charge in [0.2, 0.25) is 11.2 Å². The molecule has 0 unspecified atom stereocenters. The zero-order valence-corrected chi connectivity index (χ0v) is 14.2. The first kappa shape index (κ1) is 17.5. The van der Waals surface area contributed by atoms with Crippen molar-refractivity contribution in [2.24, 2.45) is 7.05 Å². The van der Waals surface area contributed by atoms with E-state index in [-0.39, 0.29) is 23.1 Å². The number of rotatable bonds is 4. The van der Waals surface area contributed by atoms with Gasteiger partial charge in [0, 0.05) is 30.4 Å². The molecule has 9 heteroatoms. The van der Waals surface area contributed by atoms with E-state index in [9.17, 15) is 13.2 Å².